The number of methoxy groups -OCH3 is 1. The van der Waals surface area contributed by atoms with Crippen molar-refractivity contribution in [3.8, 4) is 11.8 Å². The molecular formula is C22H18N4O2. The summed E-state index contributed by atoms with van der Waals surface area (Å²) in [5.74, 6) is 0.707. The van der Waals surface area contributed by atoms with Crippen LogP contribution in [0.3, 0.4) is 0 Å². The molecule has 0 spiro atoms. The molecule has 1 amide bonds. The lowest BCUT2D eigenvalue weighted by Gasteiger charge is -2.26. The molecule has 1 aliphatic heterocycles. The van der Waals surface area contributed by atoms with Gasteiger partial charge in [0, 0.05) is 18.4 Å². The Bertz CT molecular complexity index is 1040. The van der Waals surface area contributed by atoms with Crippen LogP contribution in [-0.2, 0) is 6.54 Å². The van der Waals surface area contributed by atoms with Crippen molar-refractivity contribution in [1.82, 2.24) is 9.88 Å². The SMILES string of the molecule is COc1ccc(CN2C(=O)c3cccnc3[C@@H]2Nc2ccc(C#N)cc2)cc1. The highest BCUT2D eigenvalue weighted by Gasteiger charge is 2.37. The number of anilines is 1. The summed E-state index contributed by atoms with van der Waals surface area (Å²) in [5.41, 5.74) is 3.69. The zero-order chi connectivity index (χ0) is 19.5. The van der Waals surface area contributed by atoms with Crippen molar-refractivity contribution in [3.05, 3.63) is 89.2 Å². The predicted molar refractivity (Wildman–Crippen MR) is 105 cm³/mol. The van der Waals surface area contributed by atoms with E-state index in [-0.39, 0.29) is 5.91 Å². The molecule has 1 atom stereocenters. The molecule has 0 saturated heterocycles. The van der Waals surface area contributed by atoms with Crippen molar-refractivity contribution in [2.24, 2.45) is 0 Å². The Morgan fingerprint density at radius 3 is 2.57 bits per heavy atom. The highest BCUT2D eigenvalue weighted by atomic mass is 16.5. The number of hydrogen-bond donors (Lipinski definition) is 1. The quantitative estimate of drug-likeness (QED) is 0.740. The molecule has 28 heavy (non-hydrogen) atoms. The van der Waals surface area contributed by atoms with Gasteiger partial charge in [-0.05, 0) is 54.1 Å². The van der Waals surface area contributed by atoms with E-state index in [4.69, 9.17) is 10.00 Å². The van der Waals surface area contributed by atoms with Crippen molar-refractivity contribution in [3.63, 3.8) is 0 Å². The molecule has 2 heterocycles. The summed E-state index contributed by atoms with van der Waals surface area (Å²) in [6.45, 7) is 0.438. The number of hydrogen-bond acceptors (Lipinski definition) is 5. The van der Waals surface area contributed by atoms with Gasteiger partial charge in [-0.25, -0.2) is 0 Å². The second kappa shape index (κ2) is 7.41. The summed E-state index contributed by atoms with van der Waals surface area (Å²) in [7, 11) is 1.62. The van der Waals surface area contributed by atoms with Crippen molar-refractivity contribution in [1.29, 1.82) is 5.26 Å². The van der Waals surface area contributed by atoms with Gasteiger partial charge in [0.2, 0.25) is 0 Å². The Morgan fingerprint density at radius 1 is 1.14 bits per heavy atom. The third kappa shape index (κ3) is 3.26. The summed E-state index contributed by atoms with van der Waals surface area (Å²) >= 11 is 0. The summed E-state index contributed by atoms with van der Waals surface area (Å²) in [6, 6.07) is 20.5. The number of aromatic nitrogens is 1. The van der Waals surface area contributed by atoms with E-state index in [9.17, 15) is 4.79 Å². The van der Waals surface area contributed by atoms with Crippen molar-refractivity contribution in [2.45, 2.75) is 12.7 Å². The van der Waals surface area contributed by atoms with Crippen LogP contribution >= 0.6 is 0 Å². The first-order chi connectivity index (χ1) is 13.7. The molecule has 0 aliphatic carbocycles. The summed E-state index contributed by atoms with van der Waals surface area (Å²) in [4.78, 5) is 19.2. The van der Waals surface area contributed by atoms with Crippen LogP contribution in [-0.4, -0.2) is 22.9 Å². The molecule has 1 aromatic heterocycles. The number of benzene rings is 2. The van der Waals surface area contributed by atoms with Crippen LogP contribution in [0.5, 0.6) is 5.75 Å². The van der Waals surface area contributed by atoms with Crippen LogP contribution in [0.15, 0.2) is 66.9 Å². The number of fused-ring (bicyclic) bond motifs is 1. The Hall–Kier alpha value is -3.85. The van der Waals surface area contributed by atoms with Gasteiger partial charge < -0.3 is 15.0 Å². The van der Waals surface area contributed by atoms with Crippen molar-refractivity contribution < 1.29 is 9.53 Å². The number of carbonyl (C=O) groups is 1. The lowest BCUT2D eigenvalue weighted by molar-refractivity contribution is 0.0728. The molecule has 0 saturated carbocycles. The maximum absolute atomic E-state index is 13.0. The first-order valence-corrected chi connectivity index (χ1v) is 8.85. The van der Waals surface area contributed by atoms with E-state index in [1.165, 1.54) is 0 Å². The molecule has 4 rings (SSSR count). The molecular weight excluding hydrogens is 352 g/mol. The van der Waals surface area contributed by atoms with E-state index in [0.29, 0.717) is 23.4 Å². The van der Waals surface area contributed by atoms with Crippen molar-refractivity contribution in [2.75, 3.05) is 12.4 Å². The first kappa shape index (κ1) is 17.6. The van der Waals surface area contributed by atoms with Gasteiger partial charge in [-0.15, -0.1) is 0 Å². The van der Waals surface area contributed by atoms with E-state index in [0.717, 1.165) is 17.0 Å². The van der Waals surface area contributed by atoms with E-state index in [1.807, 2.05) is 36.4 Å². The van der Waals surface area contributed by atoms with Crippen LogP contribution < -0.4 is 10.1 Å². The molecule has 6 heteroatoms. The predicted octanol–water partition coefficient (Wildman–Crippen LogP) is 3.73. The fourth-order valence-electron chi connectivity index (χ4n) is 3.27. The number of nitriles is 1. The standard InChI is InChI=1S/C22H18N4O2/c1-28-18-10-6-16(7-11-18)14-26-21(20-19(22(26)27)3-2-12-24-20)25-17-8-4-15(13-23)5-9-17/h2-12,21,25H,14H2,1H3/t21-/m1/s1. The molecule has 0 unspecified atom stereocenters. The van der Waals surface area contributed by atoms with Crippen LogP contribution in [0, 0.1) is 11.3 Å². The largest absolute Gasteiger partial charge is 0.497 e. The minimum atomic E-state index is -0.390. The van der Waals surface area contributed by atoms with Gasteiger partial charge in [-0.2, -0.15) is 5.26 Å². The number of nitrogens with zero attached hydrogens (tertiary/aromatic N) is 3. The molecule has 0 fully saturated rings. The first-order valence-electron chi connectivity index (χ1n) is 8.85. The second-order valence-electron chi connectivity index (χ2n) is 6.45. The smallest absolute Gasteiger partial charge is 0.258 e. The average Bonchev–Trinajstić information content (AvgIpc) is 3.01. The van der Waals surface area contributed by atoms with Gasteiger partial charge in [0.15, 0.2) is 0 Å². The Balaban J connectivity index is 1.64. The van der Waals surface area contributed by atoms with Gasteiger partial charge in [0.1, 0.15) is 11.9 Å². The molecule has 0 radical (unpaired) electrons. The summed E-state index contributed by atoms with van der Waals surface area (Å²) < 4.78 is 5.20. The summed E-state index contributed by atoms with van der Waals surface area (Å²) in [5, 5.41) is 12.4. The zero-order valence-corrected chi connectivity index (χ0v) is 15.3. The van der Waals surface area contributed by atoms with Gasteiger partial charge in [-0.3, -0.25) is 9.78 Å². The summed E-state index contributed by atoms with van der Waals surface area (Å²) in [6.07, 6.45) is 1.30. The van der Waals surface area contributed by atoms with Crippen molar-refractivity contribution >= 4 is 11.6 Å². The number of rotatable bonds is 5. The molecule has 0 bridgehead atoms. The maximum Gasteiger partial charge on any atom is 0.258 e. The lowest BCUT2D eigenvalue weighted by Crippen LogP contribution is -2.32. The third-order valence-corrected chi connectivity index (χ3v) is 4.73. The Kier molecular flexibility index (Phi) is 4.65. The normalized spacial score (nSPS) is 15.1. The minimum Gasteiger partial charge on any atom is -0.497 e. The Labute approximate surface area is 163 Å². The topological polar surface area (TPSA) is 78.2 Å². The van der Waals surface area contributed by atoms with E-state index in [1.54, 1.807) is 42.5 Å². The second-order valence-corrected chi connectivity index (χ2v) is 6.45. The molecule has 1 aliphatic rings. The average molecular weight is 370 g/mol. The lowest BCUT2D eigenvalue weighted by atomic mass is 10.2. The zero-order valence-electron chi connectivity index (χ0n) is 15.3. The number of pyridine rings is 1. The van der Waals surface area contributed by atoms with Gasteiger partial charge in [-0.1, -0.05) is 12.1 Å². The minimum absolute atomic E-state index is 0.0648. The maximum atomic E-state index is 13.0. The molecule has 1 N–H and O–H groups in total. The molecule has 138 valence electrons. The number of carbonyl (C=O) groups excluding carboxylic acids is 1. The van der Waals surface area contributed by atoms with Crippen LogP contribution in [0.1, 0.15) is 33.3 Å². The van der Waals surface area contributed by atoms with Crippen LogP contribution in [0.2, 0.25) is 0 Å². The van der Waals surface area contributed by atoms with E-state index < -0.39 is 6.17 Å². The molecule has 3 aromatic rings. The van der Waals surface area contributed by atoms with Gasteiger partial charge in [0.05, 0.1) is 30.0 Å². The van der Waals surface area contributed by atoms with Crippen LogP contribution in [0.4, 0.5) is 5.69 Å². The fraction of sp³-hybridized carbons (Fsp3) is 0.136. The highest BCUT2D eigenvalue weighted by molar-refractivity contribution is 5.98. The van der Waals surface area contributed by atoms with E-state index in [2.05, 4.69) is 16.4 Å². The van der Waals surface area contributed by atoms with E-state index >= 15 is 0 Å². The Morgan fingerprint density at radius 2 is 1.89 bits per heavy atom. The number of nitrogens with one attached hydrogen (secondary N) is 1. The monoisotopic (exact) mass is 370 g/mol. The van der Waals surface area contributed by atoms with Crippen LogP contribution in [0.25, 0.3) is 0 Å². The third-order valence-electron chi connectivity index (χ3n) is 4.73. The number of amides is 1. The molecule has 6 nitrogen and oxygen atoms in total. The van der Waals surface area contributed by atoms with Gasteiger partial charge in [0.25, 0.3) is 5.91 Å². The fourth-order valence-corrected chi connectivity index (χ4v) is 3.27. The number of ether oxygens (including phenoxy) is 1. The molecule has 2 aromatic carbocycles. The highest BCUT2D eigenvalue weighted by Crippen LogP contribution is 2.34. The van der Waals surface area contributed by atoms with Gasteiger partial charge >= 0.3 is 0 Å².